The van der Waals surface area contributed by atoms with E-state index in [9.17, 15) is 4.39 Å². The molecule has 0 saturated heterocycles. The third kappa shape index (κ3) is 2.21. The molecule has 36 valence electrons. The molecular weight excluding hydrogens is 102 g/mol. The molecule has 0 aromatic heterocycles. The second kappa shape index (κ2) is 2.19. The van der Waals surface area contributed by atoms with Crippen LogP contribution in [0.15, 0.2) is 10.9 Å². The molecule has 0 aliphatic carbocycles. The van der Waals surface area contributed by atoms with Crippen molar-refractivity contribution < 1.29 is 4.39 Å². The molecule has 0 aliphatic rings. The average Bonchev–Trinajstić information content (AvgIpc) is 1.36. The smallest absolute Gasteiger partial charge is 0.111 e. The predicted molar refractivity (Wildman–Crippen MR) is 25.3 cm³/mol. The molecule has 2 heteroatoms. The van der Waals surface area contributed by atoms with Crippen molar-refractivity contribution in [3.8, 4) is 0 Å². The third-order valence-electron chi connectivity index (χ3n) is 0.475. The van der Waals surface area contributed by atoms with Crippen molar-refractivity contribution in [3.63, 3.8) is 0 Å². The number of hydrogen-bond acceptors (Lipinski definition) is 0. The molecule has 0 atom stereocenters. The van der Waals surface area contributed by atoms with Crippen LogP contribution in [0.4, 0.5) is 4.39 Å². The van der Waals surface area contributed by atoms with Gasteiger partial charge in [-0.3, -0.25) is 0 Å². The van der Waals surface area contributed by atoms with E-state index in [1.165, 1.54) is 13.8 Å². The summed E-state index contributed by atoms with van der Waals surface area (Å²) in [6.07, 6.45) is 0. The zero-order valence-corrected chi connectivity index (χ0v) is 4.51. The summed E-state index contributed by atoms with van der Waals surface area (Å²) in [4.78, 5) is 0. The number of halogens is 2. The summed E-state index contributed by atoms with van der Waals surface area (Å²) < 4.78 is 11.6. The fraction of sp³-hybridized carbons (Fsp3) is 0.500. The van der Waals surface area contributed by atoms with Crippen molar-refractivity contribution in [2.75, 3.05) is 0 Å². The second-order valence-electron chi connectivity index (χ2n) is 1.07. The third-order valence-corrected chi connectivity index (χ3v) is 0.735. The fourth-order valence-electron chi connectivity index (χ4n) is 0. The van der Waals surface area contributed by atoms with Crippen molar-refractivity contribution in [3.05, 3.63) is 10.9 Å². The zero-order valence-electron chi connectivity index (χ0n) is 3.76. The highest BCUT2D eigenvalue weighted by molar-refractivity contribution is 6.29. The molecule has 0 unspecified atom stereocenters. The maximum Gasteiger partial charge on any atom is 0.111 e. The second-order valence-corrected chi connectivity index (χ2v) is 1.63. The summed E-state index contributed by atoms with van der Waals surface area (Å²) in [5.74, 6) is -0.309. The van der Waals surface area contributed by atoms with Gasteiger partial charge in [0.05, 0.1) is 0 Å². The van der Waals surface area contributed by atoms with E-state index in [-0.39, 0.29) is 10.9 Å². The van der Waals surface area contributed by atoms with Gasteiger partial charge < -0.3 is 0 Å². The first-order chi connectivity index (χ1) is 2.64. The molecular formula is C4H6ClF. The molecule has 0 aromatic rings. The maximum absolute atomic E-state index is 11.6. The number of rotatable bonds is 0. The summed E-state index contributed by atoms with van der Waals surface area (Å²) in [6.45, 7) is 2.83. The van der Waals surface area contributed by atoms with Crippen LogP contribution in [0.5, 0.6) is 0 Å². The summed E-state index contributed by atoms with van der Waals surface area (Å²) in [7, 11) is 0. The van der Waals surface area contributed by atoms with Gasteiger partial charge in [-0.1, -0.05) is 11.6 Å². The molecule has 0 bridgehead atoms. The number of allylic oxidation sites excluding steroid dienone is 2. The van der Waals surface area contributed by atoms with E-state index < -0.39 is 0 Å². The van der Waals surface area contributed by atoms with Gasteiger partial charge in [0.25, 0.3) is 0 Å². The van der Waals surface area contributed by atoms with Gasteiger partial charge in [0, 0.05) is 5.03 Å². The van der Waals surface area contributed by atoms with Crippen molar-refractivity contribution in [1.82, 2.24) is 0 Å². The first-order valence-electron chi connectivity index (χ1n) is 1.63. The minimum absolute atomic E-state index is 0.231. The minimum atomic E-state index is -0.309. The monoisotopic (exact) mass is 108 g/mol. The lowest BCUT2D eigenvalue weighted by molar-refractivity contribution is 0.635. The lowest BCUT2D eigenvalue weighted by atomic mass is 10.5. The van der Waals surface area contributed by atoms with Crippen LogP contribution in [0.3, 0.4) is 0 Å². The Morgan fingerprint density at radius 3 is 1.67 bits per heavy atom. The van der Waals surface area contributed by atoms with Gasteiger partial charge in [0.2, 0.25) is 0 Å². The Morgan fingerprint density at radius 1 is 1.50 bits per heavy atom. The van der Waals surface area contributed by atoms with Gasteiger partial charge in [0.1, 0.15) is 5.83 Å². The van der Waals surface area contributed by atoms with E-state index in [1.54, 1.807) is 0 Å². The molecule has 0 aromatic carbocycles. The van der Waals surface area contributed by atoms with E-state index in [1.807, 2.05) is 0 Å². The van der Waals surface area contributed by atoms with Crippen molar-refractivity contribution in [2.45, 2.75) is 13.8 Å². The van der Waals surface area contributed by atoms with Crippen molar-refractivity contribution in [1.29, 1.82) is 0 Å². The van der Waals surface area contributed by atoms with Gasteiger partial charge in [0.15, 0.2) is 0 Å². The Hall–Kier alpha value is -0.0400. The van der Waals surface area contributed by atoms with Gasteiger partial charge in [-0.15, -0.1) is 0 Å². The van der Waals surface area contributed by atoms with Gasteiger partial charge in [-0.05, 0) is 13.8 Å². The van der Waals surface area contributed by atoms with Gasteiger partial charge in [-0.2, -0.15) is 0 Å². The average molecular weight is 109 g/mol. The molecule has 0 saturated carbocycles. The molecule has 0 radical (unpaired) electrons. The minimum Gasteiger partial charge on any atom is -0.211 e. The van der Waals surface area contributed by atoms with Crippen LogP contribution in [0.2, 0.25) is 0 Å². The standard InChI is InChI=1S/C4H6ClF/c1-3(5)4(2)6/h1-2H3. The van der Waals surface area contributed by atoms with Crippen LogP contribution in [0.25, 0.3) is 0 Å². The van der Waals surface area contributed by atoms with E-state index in [0.29, 0.717) is 0 Å². The van der Waals surface area contributed by atoms with Crippen LogP contribution in [0, 0.1) is 0 Å². The van der Waals surface area contributed by atoms with Crippen LogP contribution >= 0.6 is 11.6 Å². The topological polar surface area (TPSA) is 0 Å². The normalized spacial score (nSPS) is 14.0. The molecule has 0 nitrogen and oxygen atoms in total. The Balaban J connectivity index is 3.68. The number of hydrogen-bond donors (Lipinski definition) is 0. The fourth-order valence-corrected chi connectivity index (χ4v) is 0. The summed E-state index contributed by atoms with van der Waals surface area (Å²) in [5.41, 5.74) is 0. The van der Waals surface area contributed by atoms with Crippen molar-refractivity contribution >= 4 is 11.6 Å². The molecule has 0 amide bonds. The van der Waals surface area contributed by atoms with Crippen molar-refractivity contribution in [2.24, 2.45) is 0 Å². The molecule has 0 rings (SSSR count). The van der Waals surface area contributed by atoms with Crippen LogP contribution in [-0.4, -0.2) is 0 Å². The first kappa shape index (κ1) is 5.96. The van der Waals surface area contributed by atoms with Crippen LogP contribution < -0.4 is 0 Å². The van der Waals surface area contributed by atoms with E-state index in [2.05, 4.69) is 0 Å². The SMILES string of the molecule is CC(F)=C(C)Cl. The van der Waals surface area contributed by atoms with E-state index in [0.717, 1.165) is 0 Å². The predicted octanol–water partition coefficient (Wildman–Crippen LogP) is 2.45. The molecule has 0 heterocycles. The van der Waals surface area contributed by atoms with E-state index >= 15 is 0 Å². The van der Waals surface area contributed by atoms with Crippen LogP contribution in [-0.2, 0) is 0 Å². The van der Waals surface area contributed by atoms with E-state index in [4.69, 9.17) is 11.6 Å². The molecule has 6 heavy (non-hydrogen) atoms. The Morgan fingerprint density at radius 2 is 1.67 bits per heavy atom. The van der Waals surface area contributed by atoms with Gasteiger partial charge in [-0.25, -0.2) is 4.39 Å². The summed E-state index contributed by atoms with van der Waals surface area (Å²) in [6, 6.07) is 0. The maximum atomic E-state index is 11.6. The first-order valence-corrected chi connectivity index (χ1v) is 2.01. The summed E-state index contributed by atoms with van der Waals surface area (Å²) >= 11 is 5.12. The Labute approximate surface area is 41.6 Å². The largest absolute Gasteiger partial charge is 0.211 e. The molecule has 0 spiro atoms. The lowest BCUT2D eigenvalue weighted by Gasteiger charge is -1.80. The Kier molecular flexibility index (Phi) is 2.18. The zero-order chi connectivity index (χ0) is 5.15. The lowest BCUT2D eigenvalue weighted by Crippen LogP contribution is -1.59. The molecule has 0 N–H and O–H groups in total. The Bertz CT molecular complexity index is 57.6. The molecule has 0 fully saturated rings. The highest BCUT2D eigenvalue weighted by atomic mass is 35.5. The quantitative estimate of drug-likeness (QED) is 0.447. The summed E-state index contributed by atoms with van der Waals surface area (Å²) in [5, 5.41) is 0.231. The molecule has 0 aliphatic heterocycles. The highest BCUT2D eigenvalue weighted by Crippen LogP contribution is 2.06. The van der Waals surface area contributed by atoms with Gasteiger partial charge >= 0.3 is 0 Å². The van der Waals surface area contributed by atoms with Crippen LogP contribution in [0.1, 0.15) is 13.8 Å². The highest BCUT2D eigenvalue weighted by Gasteiger charge is 1.83.